The molecule has 1 heterocycles. The third kappa shape index (κ3) is 3.52. The third-order valence-corrected chi connectivity index (χ3v) is 3.70. The molecule has 20 heavy (non-hydrogen) atoms. The maximum absolute atomic E-state index is 10.5. The van der Waals surface area contributed by atoms with E-state index in [1.54, 1.807) is 6.07 Å². The van der Waals surface area contributed by atoms with E-state index < -0.39 is 5.97 Å². The number of benzene rings is 1. The first-order valence-corrected chi connectivity index (χ1v) is 7.04. The molecule has 1 atom stereocenters. The molecule has 0 aromatic heterocycles. The highest BCUT2D eigenvalue weighted by molar-refractivity contribution is 6.33. The highest BCUT2D eigenvalue weighted by Gasteiger charge is 2.23. The number of carbonyl (C=O) groups is 1. The van der Waals surface area contributed by atoms with E-state index in [-0.39, 0.29) is 0 Å². The zero-order valence-electron chi connectivity index (χ0n) is 11.4. The van der Waals surface area contributed by atoms with Crippen LogP contribution in [-0.2, 0) is 9.53 Å². The van der Waals surface area contributed by atoms with Crippen LogP contribution in [0, 0.1) is 0 Å². The summed E-state index contributed by atoms with van der Waals surface area (Å²) < 4.78 is 5.49. The Kier molecular flexibility index (Phi) is 5.04. The van der Waals surface area contributed by atoms with Crippen LogP contribution < -0.4 is 4.90 Å². The molecule has 1 aliphatic rings. The van der Waals surface area contributed by atoms with Gasteiger partial charge < -0.3 is 14.7 Å². The Labute approximate surface area is 123 Å². The van der Waals surface area contributed by atoms with Gasteiger partial charge >= 0.3 is 5.97 Å². The normalized spacial score (nSPS) is 19.5. The first-order chi connectivity index (χ1) is 9.61. The molecule has 0 bridgehead atoms. The third-order valence-electron chi connectivity index (χ3n) is 3.40. The molecule has 1 fully saturated rings. The van der Waals surface area contributed by atoms with Crippen molar-refractivity contribution in [3.8, 4) is 0 Å². The second kappa shape index (κ2) is 6.77. The summed E-state index contributed by atoms with van der Waals surface area (Å²) in [6.45, 7) is 4.37. The zero-order chi connectivity index (χ0) is 14.5. The number of morpholine rings is 1. The van der Waals surface area contributed by atoms with Gasteiger partial charge in [-0.3, -0.25) is 0 Å². The molecule has 0 radical (unpaired) electrons. The second-order valence-electron chi connectivity index (χ2n) is 4.71. The van der Waals surface area contributed by atoms with Crippen molar-refractivity contribution < 1.29 is 14.6 Å². The Balaban J connectivity index is 2.22. The molecule has 0 saturated carbocycles. The molecule has 1 saturated heterocycles. The maximum atomic E-state index is 10.5. The standard InChI is InChI=1S/C15H18ClNO3/c1-2-12-10-20-8-7-17(12)14-5-3-11(9-13(14)16)4-6-15(18)19/h3-6,9,12H,2,7-8,10H2,1H3,(H,18,19)/b6-4+. The average Bonchev–Trinajstić information content (AvgIpc) is 2.45. The molecule has 1 unspecified atom stereocenters. The van der Waals surface area contributed by atoms with Crippen LogP contribution in [0.1, 0.15) is 18.9 Å². The van der Waals surface area contributed by atoms with E-state index in [0.717, 1.165) is 30.3 Å². The van der Waals surface area contributed by atoms with E-state index in [1.807, 2.05) is 12.1 Å². The number of carboxylic acids is 1. The van der Waals surface area contributed by atoms with Gasteiger partial charge in [0.1, 0.15) is 0 Å². The van der Waals surface area contributed by atoms with Crippen LogP contribution in [0.3, 0.4) is 0 Å². The number of hydrogen-bond acceptors (Lipinski definition) is 3. The summed E-state index contributed by atoms with van der Waals surface area (Å²) in [4.78, 5) is 12.8. The molecule has 2 rings (SSSR count). The van der Waals surface area contributed by atoms with E-state index in [1.165, 1.54) is 6.08 Å². The lowest BCUT2D eigenvalue weighted by molar-refractivity contribution is -0.131. The van der Waals surface area contributed by atoms with E-state index in [0.29, 0.717) is 24.3 Å². The number of anilines is 1. The lowest BCUT2D eigenvalue weighted by atomic mass is 10.1. The monoisotopic (exact) mass is 295 g/mol. The van der Waals surface area contributed by atoms with Gasteiger partial charge in [0.05, 0.1) is 30.0 Å². The number of rotatable bonds is 4. The summed E-state index contributed by atoms with van der Waals surface area (Å²) in [5.74, 6) is -0.968. The van der Waals surface area contributed by atoms with Gasteiger partial charge in [0.15, 0.2) is 0 Å². The molecule has 0 amide bonds. The molecule has 0 spiro atoms. The second-order valence-corrected chi connectivity index (χ2v) is 5.12. The van der Waals surface area contributed by atoms with Crippen LogP contribution in [0.5, 0.6) is 0 Å². The SMILES string of the molecule is CCC1COCCN1c1ccc(/C=C/C(=O)O)cc1Cl. The minimum atomic E-state index is -0.968. The van der Waals surface area contributed by atoms with Crippen LogP contribution in [0.4, 0.5) is 5.69 Å². The Morgan fingerprint density at radius 3 is 3.05 bits per heavy atom. The largest absolute Gasteiger partial charge is 0.478 e. The number of carboxylic acid groups (broad SMARTS) is 1. The summed E-state index contributed by atoms with van der Waals surface area (Å²) in [6.07, 6.45) is 3.64. The smallest absolute Gasteiger partial charge is 0.328 e. The van der Waals surface area contributed by atoms with Crippen LogP contribution >= 0.6 is 11.6 Å². The Morgan fingerprint density at radius 1 is 1.60 bits per heavy atom. The summed E-state index contributed by atoms with van der Waals surface area (Å²) >= 11 is 6.34. The molecule has 5 heteroatoms. The first-order valence-electron chi connectivity index (χ1n) is 6.66. The minimum absolute atomic E-state index is 0.335. The zero-order valence-corrected chi connectivity index (χ0v) is 12.1. The quantitative estimate of drug-likeness (QED) is 0.868. The van der Waals surface area contributed by atoms with Crippen LogP contribution in [-0.4, -0.2) is 36.9 Å². The van der Waals surface area contributed by atoms with Gasteiger partial charge in [-0.1, -0.05) is 24.6 Å². The van der Waals surface area contributed by atoms with Crippen molar-refractivity contribution in [2.75, 3.05) is 24.7 Å². The van der Waals surface area contributed by atoms with Gasteiger partial charge in [-0.25, -0.2) is 4.79 Å². The maximum Gasteiger partial charge on any atom is 0.328 e. The van der Waals surface area contributed by atoms with Crippen molar-refractivity contribution in [1.29, 1.82) is 0 Å². The minimum Gasteiger partial charge on any atom is -0.478 e. The fraction of sp³-hybridized carbons (Fsp3) is 0.400. The number of halogens is 1. The lowest BCUT2D eigenvalue weighted by Crippen LogP contribution is -2.45. The van der Waals surface area contributed by atoms with E-state index in [2.05, 4.69) is 11.8 Å². The molecule has 1 N–H and O–H groups in total. The summed E-state index contributed by atoms with van der Waals surface area (Å²) in [5, 5.41) is 9.26. The van der Waals surface area contributed by atoms with Crippen molar-refractivity contribution in [3.05, 3.63) is 34.9 Å². The molecular weight excluding hydrogens is 278 g/mol. The van der Waals surface area contributed by atoms with E-state index in [4.69, 9.17) is 21.4 Å². The summed E-state index contributed by atoms with van der Waals surface area (Å²) in [7, 11) is 0. The average molecular weight is 296 g/mol. The fourth-order valence-electron chi connectivity index (χ4n) is 2.34. The van der Waals surface area contributed by atoms with Crippen molar-refractivity contribution in [3.63, 3.8) is 0 Å². The number of aliphatic carboxylic acids is 1. The predicted molar refractivity (Wildman–Crippen MR) is 80.4 cm³/mol. The molecule has 1 aromatic carbocycles. The molecule has 4 nitrogen and oxygen atoms in total. The van der Waals surface area contributed by atoms with Gasteiger partial charge in [0, 0.05) is 12.6 Å². The number of ether oxygens (including phenoxy) is 1. The van der Waals surface area contributed by atoms with Crippen molar-refractivity contribution in [2.45, 2.75) is 19.4 Å². The predicted octanol–water partition coefficient (Wildman–Crippen LogP) is 3.05. The van der Waals surface area contributed by atoms with Gasteiger partial charge in [-0.2, -0.15) is 0 Å². The molecule has 1 aliphatic heterocycles. The van der Waals surface area contributed by atoms with E-state index in [9.17, 15) is 4.79 Å². The number of nitrogens with zero attached hydrogens (tertiary/aromatic N) is 1. The van der Waals surface area contributed by atoms with Gasteiger partial charge in [-0.15, -0.1) is 0 Å². The topological polar surface area (TPSA) is 49.8 Å². The van der Waals surface area contributed by atoms with Crippen LogP contribution in [0.15, 0.2) is 24.3 Å². The molecular formula is C15H18ClNO3. The van der Waals surface area contributed by atoms with Crippen LogP contribution in [0.25, 0.3) is 6.08 Å². The van der Waals surface area contributed by atoms with E-state index >= 15 is 0 Å². The van der Waals surface area contributed by atoms with Gasteiger partial charge in [0.25, 0.3) is 0 Å². The molecule has 1 aromatic rings. The van der Waals surface area contributed by atoms with Crippen LogP contribution in [0.2, 0.25) is 5.02 Å². The highest BCUT2D eigenvalue weighted by Crippen LogP contribution is 2.30. The van der Waals surface area contributed by atoms with Crippen molar-refractivity contribution >= 4 is 29.3 Å². The Morgan fingerprint density at radius 2 is 2.40 bits per heavy atom. The summed E-state index contributed by atoms with van der Waals surface area (Å²) in [6, 6.07) is 5.95. The fourth-order valence-corrected chi connectivity index (χ4v) is 2.63. The van der Waals surface area contributed by atoms with Gasteiger partial charge in [-0.05, 0) is 30.2 Å². The Hall–Kier alpha value is -1.52. The lowest BCUT2D eigenvalue weighted by Gasteiger charge is -2.37. The van der Waals surface area contributed by atoms with Gasteiger partial charge in [0.2, 0.25) is 0 Å². The first kappa shape index (κ1) is 14.9. The summed E-state index contributed by atoms with van der Waals surface area (Å²) in [5.41, 5.74) is 1.76. The Bertz CT molecular complexity index is 516. The van der Waals surface area contributed by atoms with Crippen molar-refractivity contribution in [2.24, 2.45) is 0 Å². The molecule has 0 aliphatic carbocycles. The number of hydrogen-bond donors (Lipinski definition) is 1. The molecule has 108 valence electrons. The van der Waals surface area contributed by atoms with Crippen molar-refractivity contribution in [1.82, 2.24) is 0 Å². The highest BCUT2D eigenvalue weighted by atomic mass is 35.5.